The van der Waals surface area contributed by atoms with Crippen LogP contribution in [0.3, 0.4) is 0 Å². The van der Waals surface area contributed by atoms with Crippen molar-refractivity contribution in [1.29, 1.82) is 0 Å². The van der Waals surface area contributed by atoms with Gasteiger partial charge in [-0.1, -0.05) is 23.7 Å². The van der Waals surface area contributed by atoms with Gasteiger partial charge in [0.1, 0.15) is 11.3 Å². The number of nitrogens with one attached hydrogen (secondary N) is 1. The molecule has 9 heteroatoms. The number of halogens is 1. The Morgan fingerprint density at radius 3 is 2.73 bits per heavy atom. The van der Waals surface area contributed by atoms with E-state index in [0.29, 0.717) is 28.2 Å². The predicted molar refractivity (Wildman–Crippen MR) is 124 cm³/mol. The molecule has 0 aliphatic heterocycles. The first kappa shape index (κ1) is 20.7. The van der Waals surface area contributed by atoms with Crippen LogP contribution in [0.5, 0.6) is 5.75 Å². The topological polar surface area (TPSA) is 99.2 Å². The van der Waals surface area contributed by atoms with E-state index in [4.69, 9.17) is 20.8 Å². The normalized spacial score (nSPS) is 11.1. The van der Waals surface area contributed by atoms with Gasteiger partial charge in [0.05, 0.1) is 12.7 Å². The largest absolute Gasteiger partial charge is 0.497 e. The molecule has 0 saturated carbocycles. The minimum Gasteiger partial charge on any atom is -0.497 e. The van der Waals surface area contributed by atoms with E-state index in [1.54, 1.807) is 55.9 Å². The molecule has 5 aromatic rings. The van der Waals surface area contributed by atoms with Crippen LogP contribution in [0.25, 0.3) is 22.1 Å². The third-order valence-corrected chi connectivity index (χ3v) is 5.44. The standard InChI is InChI=1S/C24H17ClN4O4/c1-32-16-8-9-20-17(11-16)18(13-29(20)12-14-4-6-15(25)7-5-14)21(30)22(31)28-24-27-19-3-2-10-26-23(19)33-24/h2-11,13H,12H2,1H3,(H,27,28,31). The first-order chi connectivity index (χ1) is 16.0. The first-order valence-corrected chi connectivity index (χ1v) is 10.4. The van der Waals surface area contributed by atoms with Crippen LogP contribution in [-0.4, -0.2) is 33.3 Å². The average Bonchev–Trinajstić information content (AvgIpc) is 3.40. The fraction of sp³-hybridized carbons (Fsp3) is 0.0833. The fourth-order valence-electron chi connectivity index (χ4n) is 3.60. The highest BCUT2D eigenvalue weighted by atomic mass is 35.5. The fourth-order valence-corrected chi connectivity index (χ4v) is 3.73. The smallest absolute Gasteiger partial charge is 0.304 e. The SMILES string of the molecule is COc1ccc2c(c1)c(C(=O)C(=O)Nc1nc3cccnc3o1)cn2Cc1ccc(Cl)cc1. The molecule has 0 unspecified atom stereocenters. The molecule has 1 amide bonds. The number of amides is 1. The maximum atomic E-state index is 13.1. The third kappa shape index (κ3) is 4.04. The minimum absolute atomic E-state index is 0.0930. The van der Waals surface area contributed by atoms with Crippen molar-refractivity contribution < 1.29 is 18.7 Å². The molecule has 0 saturated heterocycles. The van der Waals surface area contributed by atoms with Crippen LogP contribution in [0.2, 0.25) is 5.02 Å². The van der Waals surface area contributed by atoms with Gasteiger partial charge in [0.2, 0.25) is 5.71 Å². The second kappa shape index (κ2) is 8.40. The molecular formula is C24H17ClN4O4. The number of nitrogens with zero attached hydrogens (tertiary/aromatic N) is 3. The number of anilines is 1. The van der Waals surface area contributed by atoms with E-state index in [0.717, 1.165) is 11.1 Å². The van der Waals surface area contributed by atoms with Gasteiger partial charge >= 0.3 is 6.01 Å². The number of methoxy groups -OCH3 is 1. The summed E-state index contributed by atoms with van der Waals surface area (Å²) in [6.07, 6.45) is 3.21. The lowest BCUT2D eigenvalue weighted by atomic mass is 10.1. The molecule has 8 nitrogen and oxygen atoms in total. The van der Waals surface area contributed by atoms with E-state index in [1.165, 1.54) is 0 Å². The molecule has 0 spiro atoms. The van der Waals surface area contributed by atoms with Crippen molar-refractivity contribution in [1.82, 2.24) is 14.5 Å². The van der Waals surface area contributed by atoms with Crippen LogP contribution in [-0.2, 0) is 11.3 Å². The zero-order valence-electron chi connectivity index (χ0n) is 17.4. The maximum Gasteiger partial charge on any atom is 0.304 e. The van der Waals surface area contributed by atoms with Crippen LogP contribution in [0.4, 0.5) is 6.01 Å². The summed E-state index contributed by atoms with van der Waals surface area (Å²) in [5.41, 5.74) is 2.77. The summed E-state index contributed by atoms with van der Waals surface area (Å²) < 4.78 is 12.6. The highest BCUT2D eigenvalue weighted by Crippen LogP contribution is 2.28. The molecule has 2 aromatic carbocycles. The Labute approximate surface area is 192 Å². The van der Waals surface area contributed by atoms with Gasteiger partial charge in [-0.15, -0.1) is 0 Å². The van der Waals surface area contributed by atoms with Crippen LogP contribution in [0, 0.1) is 0 Å². The molecule has 0 aliphatic rings. The number of ketones is 1. The van der Waals surface area contributed by atoms with Crippen molar-refractivity contribution >= 4 is 51.4 Å². The third-order valence-electron chi connectivity index (χ3n) is 5.19. The summed E-state index contributed by atoms with van der Waals surface area (Å²) in [4.78, 5) is 34.0. The molecule has 0 bridgehead atoms. The number of benzene rings is 2. The molecule has 164 valence electrons. The van der Waals surface area contributed by atoms with Gasteiger partial charge in [0.15, 0.2) is 0 Å². The Morgan fingerprint density at radius 2 is 1.97 bits per heavy atom. The van der Waals surface area contributed by atoms with Crippen LogP contribution in [0.15, 0.2) is 71.4 Å². The average molecular weight is 461 g/mol. The van der Waals surface area contributed by atoms with Gasteiger partial charge in [0.25, 0.3) is 11.7 Å². The van der Waals surface area contributed by atoms with Crippen molar-refractivity contribution in [3.63, 3.8) is 0 Å². The molecule has 3 aromatic heterocycles. The van der Waals surface area contributed by atoms with E-state index in [9.17, 15) is 9.59 Å². The molecule has 0 fully saturated rings. The van der Waals surface area contributed by atoms with Gasteiger partial charge < -0.3 is 13.7 Å². The zero-order valence-corrected chi connectivity index (χ0v) is 18.2. The summed E-state index contributed by atoms with van der Waals surface area (Å²) in [5, 5.41) is 3.67. The van der Waals surface area contributed by atoms with Crippen molar-refractivity contribution in [2.45, 2.75) is 6.54 Å². The number of hydrogen-bond donors (Lipinski definition) is 1. The van der Waals surface area contributed by atoms with Crippen LogP contribution >= 0.6 is 11.6 Å². The first-order valence-electron chi connectivity index (χ1n) is 10.0. The van der Waals surface area contributed by atoms with E-state index in [2.05, 4.69) is 15.3 Å². The highest BCUT2D eigenvalue weighted by Gasteiger charge is 2.24. The predicted octanol–water partition coefficient (Wildman–Crippen LogP) is 4.71. The summed E-state index contributed by atoms with van der Waals surface area (Å²) in [7, 11) is 1.54. The van der Waals surface area contributed by atoms with E-state index in [-0.39, 0.29) is 17.3 Å². The Bertz CT molecular complexity index is 1470. The lowest BCUT2D eigenvalue weighted by Crippen LogP contribution is -2.22. The summed E-state index contributed by atoms with van der Waals surface area (Å²) in [6, 6.07) is 16.1. The number of pyridine rings is 1. The molecule has 1 N–H and O–H groups in total. The number of aromatic nitrogens is 3. The molecule has 0 radical (unpaired) electrons. The zero-order chi connectivity index (χ0) is 22.9. The van der Waals surface area contributed by atoms with Gasteiger partial charge in [-0.3, -0.25) is 14.9 Å². The summed E-state index contributed by atoms with van der Waals surface area (Å²) >= 11 is 5.99. The number of oxazole rings is 1. The second-order valence-electron chi connectivity index (χ2n) is 7.31. The number of rotatable bonds is 6. The lowest BCUT2D eigenvalue weighted by Gasteiger charge is -2.06. The van der Waals surface area contributed by atoms with E-state index in [1.807, 2.05) is 22.8 Å². The number of hydrogen-bond acceptors (Lipinski definition) is 6. The van der Waals surface area contributed by atoms with E-state index < -0.39 is 11.7 Å². The quantitative estimate of drug-likeness (QED) is 0.291. The summed E-state index contributed by atoms with van der Waals surface area (Å²) in [5.74, 6) is -1.01. The van der Waals surface area contributed by atoms with Crippen molar-refractivity contribution in [2.24, 2.45) is 0 Å². The molecule has 5 rings (SSSR count). The van der Waals surface area contributed by atoms with E-state index >= 15 is 0 Å². The Kier molecular flexibility index (Phi) is 5.27. The van der Waals surface area contributed by atoms with Gasteiger partial charge in [-0.25, -0.2) is 4.98 Å². The number of carbonyl (C=O) groups is 2. The highest BCUT2D eigenvalue weighted by molar-refractivity contribution is 6.48. The van der Waals surface area contributed by atoms with Gasteiger partial charge in [-0.05, 0) is 48.0 Å². The summed E-state index contributed by atoms with van der Waals surface area (Å²) in [6.45, 7) is 0.492. The molecule has 0 atom stereocenters. The van der Waals surface area contributed by atoms with Crippen LogP contribution in [0.1, 0.15) is 15.9 Å². The number of ether oxygens (including phenoxy) is 1. The number of carbonyl (C=O) groups excluding carboxylic acids is 2. The minimum atomic E-state index is -0.866. The molecule has 3 heterocycles. The molecule has 0 aliphatic carbocycles. The second-order valence-corrected chi connectivity index (χ2v) is 7.75. The Hall–Kier alpha value is -4.17. The lowest BCUT2D eigenvalue weighted by molar-refractivity contribution is -0.112. The Morgan fingerprint density at radius 1 is 1.15 bits per heavy atom. The van der Waals surface area contributed by atoms with Crippen molar-refractivity contribution in [2.75, 3.05) is 12.4 Å². The van der Waals surface area contributed by atoms with Crippen LogP contribution < -0.4 is 10.1 Å². The van der Waals surface area contributed by atoms with Crippen molar-refractivity contribution in [3.05, 3.63) is 83.1 Å². The molecular weight excluding hydrogens is 444 g/mol. The van der Waals surface area contributed by atoms with Gasteiger partial charge in [0, 0.05) is 34.9 Å². The van der Waals surface area contributed by atoms with Gasteiger partial charge in [-0.2, -0.15) is 4.98 Å². The monoisotopic (exact) mass is 460 g/mol. The number of fused-ring (bicyclic) bond motifs is 2. The number of Topliss-reactive ketones (excluding diaryl/α,β-unsaturated/α-hetero) is 1. The Balaban J connectivity index is 1.49. The maximum absolute atomic E-state index is 13.1. The van der Waals surface area contributed by atoms with Crippen molar-refractivity contribution in [3.8, 4) is 5.75 Å². The molecule has 33 heavy (non-hydrogen) atoms.